The fourth-order valence-corrected chi connectivity index (χ4v) is 3.29. The highest BCUT2D eigenvalue weighted by molar-refractivity contribution is 6.02. The van der Waals surface area contributed by atoms with Gasteiger partial charge in [-0.25, -0.2) is 9.69 Å². The number of imide groups is 1. The molecule has 4 nitrogen and oxygen atoms in total. The van der Waals surface area contributed by atoms with E-state index in [1.807, 2.05) is 84.9 Å². The van der Waals surface area contributed by atoms with Crippen molar-refractivity contribution in [2.75, 3.05) is 6.61 Å². The lowest BCUT2D eigenvalue weighted by molar-refractivity contribution is -0.124. The van der Waals surface area contributed by atoms with Crippen LogP contribution in [0.25, 0.3) is 17.2 Å². The maximum Gasteiger partial charge on any atom is 0.417 e. The molecule has 1 heterocycles. The van der Waals surface area contributed by atoms with Crippen molar-refractivity contribution in [1.29, 1.82) is 0 Å². The largest absolute Gasteiger partial charge is 0.446 e. The Kier molecular flexibility index (Phi) is 5.02. The second-order valence-electron chi connectivity index (χ2n) is 6.54. The third-order valence-electron chi connectivity index (χ3n) is 4.71. The zero-order chi connectivity index (χ0) is 19.3. The molecule has 138 valence electrons. The third kappa shape index (κ3) is 3.71. The summed E-state index contributed by atoms with van der Waals surface area (Å²) in [6.07, 6.45) is 2.54. The Morgan fingerprint density at radius 3 is 2.32 bits per heavy atom. The molecule has 2 amide bonds. The van der Waals surface area contributed by atoms with Gasteiger partial charge in [0.25, 0.3) is 5.91 Å². The summed E-state index contributed by atoms with van der Waals surface area (Å²) in [4.78, 5) is 26.0. The van der Waals surface area contributed by atoms with E-state index in [1.54, 1.807) is 6.08 Å². The number of benzene rings is 3. The highest BCUT2D eigenvalue weighted by Crippen LogP contribution is 2.28. The molecule has 28 heavy (non-hydrogen) atoms. The van der Waals surface area contributed by atoms with Gasteiger partial charge in [0.1, 0.15) is 12.6 Å². The number of cyclic esters (lactones) is 1. The van der Waals surface area contributed by atoms with Crippen LogP contribution in [0, 0.1) is 0 Å². The first kappa shape index (κ1) is 17.7. The van der Waals surface area contributed by atoms with Gasteiger partial charge in [0.2, 0.25) is 0 Å². The number of hydrogen-bond donors (Lipinski definition) is 0. The van der Waals surface area contributed by atoms with E-state index >= 15 is 0 Å². The Balaban J connectivity index is 1.54. The number of rotatable bonds is 4. The fraction of sp³-hybridized carbons (Fsp3) is 0.0833. The Morgan fingerprint density at radius 1 is 0.893 bits per heavy atom. The predicted octanol–water partition coefficient (Wildman–Crippen LogP) is 5.09. The van der Waals surface area contributed by atoms with Crippen LogP contribution in [0.5, 0.6) is 0 Å². The summed E-state index contributed by atoms with van der Waals surface area (Å²) in [7, 11) is 0. The minimum Gasteiger partial charge on any atom is -0.446 e. The molecule has 1 fully saturated rings. The summed E-state index contributed by atoms with van der Waals surface area (Å²) in [6, 6.07) is 27.0. The van der Waals surface area contributed by atoms with Crippen LogP contribution >= 0.6 is 0 Å². The van der Waals surface area contributed by atoms with Crippen molar-refractivity contribution < 1.29 is 14.3 Å². The molecule has 0 bridgehead atoms. The molecular weight excluding hydrogens is 350 g/mol. The molecule has 0 aromatic heterocycles. The molecule has 1 atom stereocenters. The molecule has 1 aliphatic heterocycles. The molecule has 0 aliphatic carbocycles. The molecular formula is C24H19NO3. The molecule has 0 saturated carbocycles. The second-order valence-corrected chi connectivity index (χ2v) is 6.54. The van der Waals surface area contributed by atoms with E-state index in [2.05, 4.69) is 0 Å². The van der Waals surface area contributed by atoms with Crippen LogP contribution in [0.3, 0.4) is 0 Å². The number of hydrogen-bond acceptors (Lipinski definition) is 3. The maximum absolute atomic E-state index is 12.7. The topological polar surface area (TPSA) is 46.6 Å². The highest BCUT2D eigenvalue weighted by Gasteiger charge is 2.37. The van der Waals surface area contributed by atoms with E-state index in [0.717, 1.165) is 22.3 Å². The van der Waals surface area contributed by atoms with Crippen LogP contribution in [0.1, 0.15) is 17.2 Å². The van der Waals surface area contributed by atoms with E-state index in [9.17, 15) is 9.59 Å². The van der Waals surface area contributed by atoms with Gasteiger partial charge < -0.3 is 4.74 Å². The average Bonchev–Trinajstić information content (AvgIpc) is 3.15. The van der Waals surface area contributed by atoms with Crippen molar-refractivity contribution in [2.24, 2.45) is 0 Å². The SMILES string of the molecule is O=C(C=Cc1cccc(-c2ccccc2)c1)N1C(=O)OCC1c1ccccc1. The van der Waals surface area contributed by atoms with Gasteiger partial charge >= 0.3 is 6.09 Å². The lowest BCUT2D eigenvalue weighted by atomic mass is 10.0. The van der Waals surface area contributed by atoms with E-state index in [0.29, 0.717) is 0 Å². The van der Waals surface area contributed by atoms with Crippen LogP contribution < -0.4 is 0 Å². The van der Waals surface area contributed by atoms with Crippen molar-refractivity contribution in [3.8, 4) is 11.1 Å². The maximum atomic E-state index is 12.7. The van der Waals surface area contributed by atoms with Gasteiger partial charge in [0.15, 0.2) is 0 Å². The van der Waals surface area contributed by atoms with Crippen LogP contribution in [0.15, 0.2) is 91.0 Å². The molecule has 3 aromatic carbocycles. The summed E-state index contributed by atoms with van der Waals surface area (Å²) < 4.78 is 5.11. The number of ether oxygens (including phenoxy) is 1. The molecule has 4 heteroatoms. The molecule has 1 aliphatic rings. The summed E-state index contributed by atoms with van der Waals surface area (Å²) in [5, 5.41) is 0. The van der Waals surface area contributed by atoms with Crippen LogP contribution in [0.4, 0.5) is 4.79 Å². The first-order chi connectivity index (χ1) is 13.7. The smallest absolute Gasteiger partial charge is 0.417 e. The monoisotopic (exact) mass is 369 g/mol. The molecule has 0 spiro atoms. The zero-order valence-electron chi connectivity index (χ0n) is 15.2. The number of nitrogens with zero attached hydrogens (tertiary/aromatic N) is 1. The van der Waals surface area contributed by atoms with E-state index in [4.69, 9.17) is 4.74 Å². The Bertz CT molecular complexity index is 1010. The molecule has 1 unspecified atom stereocenters. The Labute approximate surface area is 163 Å². The number of amides is 2. The Morgan fingerprint density at radius 2 is 1.57 bits per heavy atom. The van der Waals surface area contributed by atoms with E-state index in [-0.39, 0.29) is 12.5 Å². The number of carbonyl (C=O) groups excluding carboxylic acids is 2. The lowest BCUT2D eigenvalue weighted by Gasteiger charge is -2.18. The van der Waals surface area contributed by atoms with Gasteiger partial charge in [-0.2, -0.15) is 0 Å². The van der Waals surface area contributed by atoms with Crippen molar-refractivity contribution >= 4 is 18.1 Å². The van der Waals surface area contributed by atoms with Crippen molar-refractivity contribution in [2.45, 2.75) is 6.04 Å². The van der Waals surface area contributed by atoms with Crippen molar-refractivity contribution in [3.63, 3.8) is 0 Å². The number of carbonyl (C=O) groups is 2. The van der Waals surface area contributed by atoms with Gasteiger partial charge in [-0.1, -0.05) is 78.9 Å². The standard InChI is InChI=1S/C24H19NO3/c26-23(25-22(17-28-24(25)27)20-11-5-2-6-12-20)15-14-18-8-7-13-21(16-18)19-9-3-1-4-10-19/h1-16,22H,17H2. The second kappa shape index (κ2) is 7.92. The molecule has 1 saturated heterocycles. The highest BCUT2D eigenvalue weighted by atomic mass is 16.6. The Hall–Kier alpha value is -3.66. The zero-order valence-corrected chi connectivity index (χ0v) is 15.2. The molecule has 4 rings (SSSR count). The predicted molar refractivity (Wildman–Crippen MR) is 108 cm³/mol. The summed E-state index contributed by atoms with van der Waals surface area (Å²) in [6.45, 7) is 0.173. The van der Waals surface area contributed by atoms with Crippen LogP contribution in [-0.2, 0) is 9.53 Å². The summed E-state index contributed by atoms with van der Waals surface area (Å²) >= 11 is 0. The molecule has 0 N–H and O–H groups in total. The van der Waals surface area contributed by atoms with Crippen LogP contribution in [-0.4, -0.2) is 23.5 Å². The lowest BCUT2D eigenvalue weighted by Crippen LogP contribution is -2.32. The third-order valence-corrected chi connectivity index (χ3v) is 4.71. The van der Waals surface area contributed by atoms with Gasteiger partial charge in [0, 0.05) is 6.08 Å². The van der Waals surface area contributed by atoms with Gasteiger partial charge in [-0.05, 0) is 34.4 Å². The minimum absolute atomic E-state index is 0.173. The van der Waals surface area contributed by atoms with E-state index < -0.39 is 12.1 Å². The van der Waals surface area contributed by atoms with Crippen molar-refractivity contribution in [3.05, 3.63) is 102 Å². The van der Waals surface area contributed by atoms with E-state index in [1.165, 1.54) is 11.0 Å². The molecule has 3 aromatic rings. The minimum atomic E-state index is -0.610. The summed E-state index contributed by atoms with van der Waals surface area (Å²) in [5.74, 6) is -0.388. The average molecular weight is 369 g/mol. The van der Waals surface area contributed by atoms with Gasteiger partial charge in [-0.3, -0.25) is 4.79 Å². The molecule has 0 radical (unpaired) electrons. The normalized spacial score (nSPS) is 16.4. The fourth-order valence-electron chi connectivity index (χ4n) is 3.29. The summed E-state index contributed by atoms with van der Waals surface area (Å²) in [5.41, 5.74) is 3.94. The first-order valence-electron chi connectivity index (χ1n) is 9.11. The van der Waals surface area contributed by atoms with Crippen molar-refractivity contribution in [1.82, 2.24) is 4.90 Å². The quantitative estimate of drug-likeness (QED) is 0.602. The van der Waals surface area contributed by atoms with Gasteiger partial charge in [0.05, 0.1) is 0 Å². The van der Waals surface area contributed by atoms with Gasteiger partial charge in [-0.15, -0.1) is 0 Å². The first-order valence-corrected chi connectivity index (χ1v) is 9.11. The van der Waals surface area contributed by atoms with Crippen LogP contribution in [0.2, 0.25) is 0 Å².